The maximum atomic E-state index is 11.9. The van der Waals surface area contributed by atoms with Gasteiger partial charge in [0.25, 0.3) is 0 Å². The van der Waals surface area contributed by atoms with Crippen LogP contribution >= 0.6 is 15.9 Å². The summed E-state index contributed by atoms with van der Waals surface area (Å²) in [5, 5.41) is 9.56. The normalized spacial score (nSPS) is 29.1. The van der Waals surface area contributed by atoms with Crippen LogP contribution in [0, 0.1) is 5.92 Å². The van der Waals surface area contributed by atoms with Crippen molar-refractivity contribution in [3.05, 3.63) is 0 Å². The summed E-state index contributed by atoms with van der Waals surface area (Å²) in [7, 11) is 0. The fraction of sp³-hybridized carbons (Fsp3) is 0.900. The van der Waals surface area contributed by atoms with Gasteiger partial charge in [0.2, 0.25) is 5.91 Å². The first-order chi connectivity index (χ1) is 6.30. The number of carbonyl (C=O) groups is 1. The van der Waals surface area contributed by atoms with E-state index in [-0.39, 0.29) is 12.0 Å². The summed E-state index contributed by atoms with van der Waals surface area (Å²) in [5.41, 5.74) is 0. The Bertz CT molecular complexity index is 215. The van der Waals surface area contributed by atoms with E-state index in [1.807, 2.05) is 13.8 Å². The molecule has 0 radical (unpaired) electrons. The molecule has 1 N–H and O–H groups in total. The van der Waals surface area contributed by atoms with Gasteiger partial charge in [-0.25, -0.2) is 0 Å². The van der Waals surface area contributed by atoms with E-state index in [2.05, 4.69) is 22.9 Å². The van der Waals surface area contributed by atoms with Gasteiger partial charge in [-0.15, -0.1) is 0 Å². The predicted molar refractivity (Wildman–Crippen MR) is 59.4 cm³/mol. The number of carbonyl (C=O) groups excluding carboxylic acids is 1. The van der Waals surface area contributed by atoms with Gasteiger partial charge in [0.15, 0.2) is 0 Å². The number of aliphatic hydroxyl groups is 1. The number of hydrogen-bond donors (Lipinski definition) is 1. The van der Waals surface area contributed by atoms with Gasteiger partial charge in [0, 0.05) is 13.1 Å². The fourth-order valence-electron chi connectivity index (χ4n) is 1.86. The minimum atomic E-state index is -0.524. The Kier molecular flexibility index (Phi) is 3.58. The molecule has 2 atom stereocenters. The second-order valence-corrected chi connectivity index (χ2v) is 6.66. The number of piperidine rings is 1. The highest BCUT2D eigenvalue weighted by Crippen LogP contribution is 2.24. The second kappa shape index (κ2) is 4.19. The van der Waals surface area contributed by atoms with Crippen molar-refractivity contribution in [1.82, 2.24) is 4.90 Å². The summed E-state index contributed by atoms with van der Waals surface area (Å²) < 4.78 is -0.524. The van der Waals surface area contributed by atoms with Crippen molar-refractivity contribution in [3.63, 3.8) is 0 Å². The summed E-state index contributed by atoms with van der Waals surface area (Å²) in [6, 6.07) is 0. The molecule has 4 heteroatoms. The highest BCUT2D eigenvalue weighted by atomic mass is 79.9. The van der Waals surface area contributed by atoms with E-state index < -0.39 is 4.32 Å². The largest absolute Gasteiger partial charge is 0.391 e. The van der Waals surface area contributed by atoms with Crippen LogP contribution in [0.4, 0.5) is 0 Å². The van der Waals surface area contributed by atoms with E-state index in [1.54, 1.807) is 4.90 Å². The van der Waals surface area contributed by atoms with Crippen LogP contribution in [0.15, 0.2) is 0 Å². The predicted octanol–water partition coefficient (Wildman–Crippen LogP) is 1.39. The molecular formula is C10H18BrNO2. The Labute approximate surface area is 93.6 Å². The van der Waals surface area contributed by atoms with Crippen LogP contribution in [0.25, 0.3) is 0 Å². The molecule has 14 heavy (non-hydrogen) atoms. The van der Waals surface area contributed by atoms with Crippen molar-refractivity contribution in [3.8, 4) is 0 Å². The van der Waals surface area contributed by atoms with Crippen LogP contribution in [0.2, 0.25) is 0 Å². The van der Waals surface area contributed by atoms with Crippen molar-refractivity contribution in [2.24, 2.45) is 5.92 Å². The van der Waals surface area contributed by atoms with Crippen molar-refractivity contribution in [1.29, 1.82) is 0 Å². The molecular weight excluding hydrogens is 246 g/mol. The Morgan fingerprint density at radius 2 is 2.07 bits per heavy atom. The van der Waals surface area contributed by atoms with Crippen LogP contribution in [0.1, 0.15) is 27.2 Å². The van der Waals surface area contributed by atoms with Crippen LogP contribution in [-0.4, -0.2) is 39.4 Å². The van der Waals surface area contributed by atoms with Gasteiger partial charge in [0.1, 0.15) is 0 Å². The Morgan fingerprint density at radius 3 is 2.50 bits per heavy atom. The maximum absolute atomic E-state index is 11.9. The molecule has 1 aliphatic rings. The summed E-state index contributed by atoms with van der Waals surface area (Å²) in [6.45, 7) is 6.95. The highest BCUT2D eigenvalue weighted by molar-refractivity contribution is 9.10. The molecule has 0 spiro atoms. The molecule has 1 rings (SSSR count). The molecule has 2 unspecified atom stereocenters. The first-order valence-corrected chi connectivity index (χ1v) is 5.76. The SMILES string of the molecule is CC1CC(O)CN(C(=O)C(C)(C)Br)C1. The van der Waals surface area contributed by atoms with Crippen LogP contribution in [-0.2, 0) is 4.79 Å². The number of halogens is 1. The molecule has 82 valence electrons. The van der Waals surface area contributed by atoms with E-state index in [0.717, 1.165) is 13.0 Å². The van der Waals surface area contributed by atoms with E-state index in [9.17, 15) is 9.90 Å². The molecule has 1 aliphatic heterocycles. The molecule has 0 aromatic heterocycles. The lowest BCUT2D eigenvalue weighted by molar-refractivity contribution is -0.137. The lowest BCUT2D eigenvalue weighted by atomic mass is 9.97. The zero-order valence-corrected chi connectivity index (χ0v) is 10.5. The number of rotatable bonds is 1. The van der Waals surface area contributed by atoms with Crippen molar-refractivity contribution in [2.45, 2.75) is 37.6 Å². The smallest absolute Gasteiger partial charge is 0.238 e. The lowest BCUT2D eigenvalue weighted by Gasteiger charge is -2.36. The number of hydrogen-bond acceptors (Lipinski definition) is 2. The molecule has 0 aromatic rings. The van der Waals surface area contributed by atoms with Gasteiger partial charge in [0.05, 0.1) is 10.4 Å². The van der Waals surface area contributed by atoms with E-state index in [1.165, 1.54) is 0 Å². The molecule has 1 saturated heterocycles. The monoisotopic (exact) mass is 263 g/mol. The van der Waals surface area contributed by atoms with Crippen molar-refractivity contribution in [2.75, 3.05) is 13.1 Å². The number of aliphatic hydroxyl groups excluding tert-OH is 1. The standard InChI is InChI=1S/C10H18BrNO2/c1-7-4-8(13)6-12(5-7)9(14)10(2,3)11/h7-8,13H,4-6H2,1-3H3. The number of alkyl halides is 1. The van der Waals surface area contributed by atoms with E-state index in [4.69, 9.17) is 0 Å². The molecule has 0 aliphatic carbocycles. The molecule has 0 aromatic carbocycles. The minimum absolute atomic E-state index is 0.0584. The van der Waals surface area contributed by atoms with Crippen molar-refractivity contribution < 1.29 is 9.90 Å². The zero-order valence-electron chi connectivity index (χ0n) is 8.96. The average Bonchev–Trinajstić information content (AvgIpc) is 1.99. The second-order valence-electron chi connectivity index (χ2n) is 4.68. The Hall–Kier alpha value is -0.0900. The molecule has 1 heterocycles. The van der Waals surface area contributed by atoms with Gasteiger partial charge in [-0.05, 0) is 26.2 Å². The highest BCUT2D eigenvalue weighted by Gasteiger charge is 2.33. The van der Waals surface area contributed by atoms with Crippen LogP contribution in [0.3, 0.4) is 0 Å². The van der Waals surface area contributed by atoms with Crippen LogP contribution in [0.5, 0.6) is 0 Å². The van der Waals surface area contributed by atoms with Gasteiger partial charge in [-0.1, -0.05) is 22.9 Å². The summed E-state index contributed by atoms with van der Waals surface area (Å²) in [4.78, 5) is 13.6. The maximum Gasteiger partial charge on any atom is 0.238 e. The van der Waals surface area contributed by atoms with E-state index in [0.29, 0.717) is 12.5 Å². The topological polar surface area (TPSA) is 40.5 Å². The fourth-order valence-corrected chi connectivity index (χ4v) is 2.11. The van der Waals surface area contributed by atoms with Crippen LogP contribution < -0.4 is 0 Å². The van der Waals surface area contributed by atoms with Gasteiger partial charge < -0.3 is 10.0 Å². The zero-order chi connectivity index (χ0) is 10.9. The van der Waals surface area contributed by atoms with Gasteiger partial charge >= 0.3 is 0 Å². The number of nitrogens with zero attached hydrogens (tertiary/aromatic N) is 1. The minimum Gasteiger partial charge on any atom is -0.391 e. The third-order valence-electron chi connectivity index (χ3n) is 2.43. The first kappa shape index (κ1) is 12.0. The third-order valence-corrected chi connectivity index (χ3v) is 2.77. The van der Waals surface area contributed by atoms with Crippen molar-refractivity contribution >= 4 is 21.8 Å². The van der Waals surface area contributed by atoms with Gasteiger partial charge in [-0.3, -0.25) is 4.79 Å². The number of β-amino-alcohol motifs (C(OH)–C–C–N with tert-alkyl or cyclic N) is 1. The average molecular weight is 264 g/mol. The van der Waals surface area contributed by atoms with Gasteiger partial charge in [-0.2, -0.15) is 0 Å². The molecule has 0 bridgehead atoms. The quantitative estimate of drug-likeness (QED) is 0.727. The molecule has 1 amide bonds. The summed E-state index contributed by atoms with van der Waals surface area (Å²) in [6.07, 6.45) is 0.435. The summed E-state index contributed by atoms with van der Waals surface area (Å²) in [5.74, 6) is 0.445. The first-order valence-electron chi connectivity index (χ1n) is 4.97. The summed E-state index contributed by atoms with van der Waals surface area (Å²) >= 11 is 3.35. The molecule has 1 fully saturated rings. The van der Waals surface area contributed by atoms with E-state index >= 15 is 0 Å². The Morgan fingerprint density at radius 1 is 1.50 bits per heavy atom. The molecule has 3 nitrogen and oxygen atoms in total. The number of amides is 1. The lowest BCUT2D eigenvalue weighted by Crippen LogP contribution is -2.50. The number of likely N-dealkylation sites (tertiary alicyclic amines) is 1. The molecule has 0 saturated carbocycles. The Balaban J connectivity index is 2.64. The third kappa shape index (κ3) is 2.95.